The minimum atomic E-state index is 0.634. The van der Waals surface area contributed by atoms with Gasteiger partial charge in [-0.05, 0) is 188 Å². The number of nitriles is 1. The van der Waals surface area contributed by atoms with Gasteiger partial charge in [0.05, 0.1) is 62.3 Å². The van der Waals surface area contributed by atoms with Crippen LogP contribution < -0.4 is 0 Å². The molecule has 14 aromatic carbocycles. The van der Waals surface area contributed by atoms with E-state index in [9.17, 15) is 5.26 Å². The Balaban J connectivity index is 0.738. The lowest BCUT2D eigenvalue weighted by atomic mass is 9.93. The first-order valence-corrected chi connectivity index (χ1v) is 29.1. The van der Waals surface area contributed by atoms with E-state index in [1.165, 1.54) is 86.4 Å². The first-order chi connectivity index (χ1) is 42.5. The van der Waals surface area contributed by atoms with Crippen LogP contribution in [-0.2, 0) is 0 Å². The summed E-state index contributed by atoms with van der Waals surface area (Å²) in [5.41, 5.74) is 19.4. The minimum Gasteiger partial charge on any atom is -0.309 e. The highest BCUT2D eigenvalue weighted by molar-refractivity contribution is 6.26. The van der Waals surface area contributed by atoms with Gasteiger partial charge in [-0.1, -0.05) is 146 Å². The van der Waals surface area contributed by atoms with Crippen molar-refractivity contribution in [2.45, 2.75) is 0 Å². The average Bonchev–Trinajstić information content (AvgIpc) is 1.56. The van der Waals surface area contributed by atoms with E-state index < -0.39 is 0 Å². The lowest BCUT2D eigenvalue weighted by molar-refractivity contribution is 1.18. The first-order valence-electron chi connectivity index (χ1n) is 29.1. The van der Waals surface area contributed by atoms with Crippen LogP contribution in [-0.4, -0.2) is 18.3 Å². The summed E-state index contributed by atoms with van der Waals surface area (Å²) in [5.74, 6) is 0. The molecule has 0 atom stereocenters. The number of hydrogen-bond acceptors (Lipinski definition) is 1. The summed E-state index contributed by atoms with van der Waals surface area (Å²) in [6.07, 6.45) is 0. The van der Waals surface area contributed by atoms with Gasteiger partial charge < -0.3 is 18.3 Å². The standard InChI is InChI=1S/C80H46N6/c1-82-54-28-32-56(33-29-54)84-74-19-9-5-15-64(74)70-43-51(25-39-78(70)84)53-27-41-80-72(45-53)66-17-7-11-21-76(66)86(80)58-35-37-62-61-36-34-57(46-67(61)59-12-2-3-13-60(59)68(62)47-58)85-75-20-10-6-16-65(75)71-44-52(26-40-79(71)85)50-24-38-77-69(42-50)63-14-4-8-18-73(63)83(77)55-30-22-49(48-81)23-31-55/h2-47H. The summed E-state index contributed by atoms with van der Waals surface area (Å²) in [6.45, 7) is 7.50. The highest BCUT2D eigenvalue weighted by Gasteiger charge is 2.21. The molecule has 0 aliphatic carbocycles. The van der Waals surface area contributed by atoms with E-state index in [0.717, 1.165) is 78.1 Å². The summed E-state index contributed by atoms with van der Waals surface area (Å²) in [5, 5.41) is 26.4. The van der Waals surface area contributed by atoms with E-state index >= 15 is 0 Å². The van der Waals surface area contributed by atoms with Crippen LogP contribution in [0.2, 0.25) is 0 Å². The maximum absolute atomic E-state index is 9.52. The normalized spacial score (nSPS) is 11.9. The van der Waals surface area contributed by atoms with Crippen LogP contribution in [0.4, 0.5) is 5.69 Å². The van der Waals surface area contributed by atoms with Crippen molar-refractivity contribution in [1.29, 1.82) is 5.26 Å². The highest BCUT2D eigenvalue weighted by atomic mass is 15.0. The third-order valence-corrected chi connectivity index (χ3v) is 18.2. The van der Waals surface area contributed by atoms with Crippen molar-refractivity contribution >= 4 is 125 Å². The number of hydrogen-bond donors (Lipinski definition) is 0. The first kappa shape index (κ1) is 47.7. The molecule has 18 aromatic rings. The molecule has 0 aliphatic heterocycles. The van der Waals surface area contributed by atoms with E-state index in [2.05, 4.69) is 260 Å². The van der Waals surface area contributed by atoms with E-state index in [1.807, 2.05) is 48.5 Å². The quantitative estimate of drug-likeness (QED) is 0.121. The number of fused-ring (bicyclic) bond motifs is 18. The summed E-state index contributed by atoms with van der Waals surface area (Å²) in [6, 6.07) is 103. The second-order valence-corrected chi connectivity index (χ2v) is 22.6. The minimum absolute atomic E-state index is 0.634. The van der Waals surface area contributed by atoms with E-state index in [1.54, 1.807) is 0 Å². The Labute approximate surface area is 493 Å². The van der Waals surface area contributed by atoms with Crippen LogP contribution in [0.1, 0.15) is 5.56 Å². The number of nitrogens with zero attached hydrogens (tertiary/aromatic N) is 6. The Hall–Kier alpha value is -12.0. The van der Waals surface area contributed by atoms with Gasteiger partial charge in [0.2, 0.25) is 0 Å². The third kappa shape index (κ3) is 6.93. The van der Waals surface area contributed by atoms with Crippen molar-refractivity contribution < 1.29 is 0 Å². The Bertz CT molecular complexity index is 5640. The SMILES string of the molecule is [C-]#[N+]c1ccc(-n2c3ccccc3c3cc(-c4ccc5c(c4)c4ccccc4n5-c4ccc5c6ccc(-n7c8ccccc8c8cc(-c9ccc%10c(c9)c9ccccc9n%10-c9ccc(C#N)cc9)ccc87)cc6c6ccccc6c5c4)ccc32)cc1. The van der Waals surface area contributed by atoms with Crippen molar-refractivity contribution in [3.05, 3.63) is 296 Å². The molecule has 0 saturated carbocycles. The summed E-state index contributed by atoms with van der Waals surface area (Å²) >= 11 is 0. The van der Waals surface area contributed by atoms with Crippen molar-refractivity contribution in [3.63, 3.8) is 0 Å². The molecule has 0 N–H and O–H groups in total. The van der Waals surface area contributed by atoms with Crippen LogP contribution in [0.15, 0.2) is 279 Å². The molecule has 0 fully saturated rings. The predicted molar refractivity (Wildman–Crippen MR) is 358 cm³/mol. The molecule has 6 heteroatoms. The van der Waals surface area contributed by atoms with Gasteiger partial charge in [-0.25, -0.2) is 4.85 Å². The Morgan fingerprint density at radius 3 is 0.860 bits per heavy atom. The maximum Gasteiger partial charge on any atom is 0.187 e. The molecule has 18 rings (SSSR count). The summed E-state index contributed by atoms with van der Waals surface area (Å²) in [4.78, 5) is 3.63. The molecule has 0 aliphatic rings. The van der Waals surface area contributed by atoms with Gasteiger partial charge >= 0.3 is 0 Å². The Morgan fingerprint density at radius 2 is 0.523 bits per heavy atom. The fourth-order valence-electron chi connectivity index (χ4n) is 14.3. The monoisotopic (exact) mass is 1090 g/mol. The van der Waals surface area contributed by atoms with Gasteiger partial charge in [0.25, 0.3) is 0 Å². The maximum atomic E-state index is 9.52. The second-order valence-electron chi connectivity index (χ2n) is 22.6. The zero-order valence-electron chi connectivity index (χ0n) is 46.2. The third-order valence-electron chi connectivity index (χ3n) is 18.2. The topological polar surface area (TPSA) is 47.9 Å². The Kier molecular flexibility index (Phi) is 10.1. The molecule has 86 heavy (non-hydrogen) atoms. The van der Waals surface area contributed by atoms with Crippen LogP contribution >= 0.6 is 0 Å². The number of aromatic nitrogens is 4. The molecular formula is C80H46N6. The van der Waals surface area contributed by atoms with Crippen molar-refractivity contribution in [2.75, 3.05) is 0 Å². The van der Waals surface area contributed by atoms with Gasteiger partial charge in [0, 0.05) is 65.8 Å². The summed E-state index contributed by atoms with van der Waals surface area (Å²) < 4.78 is 9.48. The van der Waals surface area contributed by atoms with Crippen LogP contribution in [0, 0.1) is 17.9 Å². The van der Waals surface area contributed by atoms with E-state index in [-0.39, 0.29) is 0 Å². The lowest BCUT2D eigenvalue weighted by Gasteiger charge is -2.16. The van der Waals surface area contributed by atoms with Crippen molar-refractivity contribution in [3.8, 4) is 51.1 Å². The van der Waals surface area contributed by atoms with Crippen LogP contribution in [0.5, 0.6) is 0 Å². The second kappa shape index (κ2) is 18.3. The molecule has 396 valence electrons. The van der Waals surface area contributed by atoms with E-state index in [0.29, 0.717) is 11.3 Å². The molecule has 6 nitrogen and oxygen atoms in total. The fourth-order valence-corrected chi connectivity index (χ4v) is 14.3. The number of benzene rings is 14. The molecular weight excluding hydrogens is 1040 g/mol. The molecule has 0 spiro atoms. The van der Waals surface area contributed by atoms with Gasteiger partial charge in [0.15, 0.2) is 5.69 Å². The summed E-state index contributed by atoms with van der Waals surface area (Å²) in [7, 11) is 0. The Morgan fingerprint density at radius 1 is 0.244 bits per heavy atom. The molecule has 4 aromatic heterocycles. The average molecular weight is 1090 g/mol. The molecule has 0 radical (unpaired) electrons. The van der Waals surface area contributed by atoms with Gasteiger partial charge in [-0.15, -0.1) is 0 Å². The fraction of sp³-hybridized carbons (Fsp3) is 0. The molecule has 0 unspecified atom stereocenters. The van der Waals surface area contributed by atoms with Gasteiger partial charge in [-0.2, -0.15) is 5.26 Å². The highest BCUT2D eigenvalue weighted by Crippen LogP contribution is 2.44. The van der Waals surface area contributed by atoms with Gasteiger partial charge in [-0.3, -0.25) is 0 Å². The van der Waals surface area contributed by atoms with Crippen LogP contribution in [0.3, 0.4) is 0 Å². The van der Waals surface area contributed by atoms with Crippen molar-refractivity contribution in [2.24, 2.45) is 0 Å². The molecule has 0 saturated heterocycles. The predicted octanol–water partition coefficient (Wildman–Crippen LogP) is 21.3. The van der Waals surface area contributed by atoms with E-state index in [4.69, 9.17) is 6.57 Å². The molecule has 0 bridgehead atoms. The van der Waals surface area contributed by atoms with Crippen molar-refractivity contribution in [1.82, 2.24) is 18.3 Å². The lowest BCUT2D eigenvalue weighted by Crippen LogP contribution is -1.96. The van der Waals surface area contributed by atoms with Gasteiger partial charge in [0.1, 0.15) is 0 Å². The molecule has 4 heterocycles. The largest absolute Gasteiger partial charge is 0.309 e. The smallest absolute Gasteiger partial charge is 0.187 e. The number of para-hydroxylation sites is 4. The van der Waals surface area contributed by atoms with Crippen LogP contribution in [0.25, 0.3) is 169 Å². The zero-order chi connectivity index (χ0) is 56.7. The molecule has 0 amide bonds. The zero-order valence-corrected chi connectivity index (χ0v) is 46.2. The number of rotatable bonds is 6.